The number of aliphatic hydroxyl groups excluding tert-OH is 1. The van der Waals surface area contributed by atoms with Crippen molar-refractivity contribution in [1.29, 1.82) is 0 Å². The van der Waals surface area contributed by atoms with E-state index in [0.29, 0.717) is 22.8 Å². The Hall–Kier alpha value is -1.99. The lowest BCUT2D eigenvalue weighted by atomic mass is 10.1. The fourth-order valence-corrected chi connectivity index (χ4v) is 1.78. The molecular formula is C14H21NO6. The van der Waals surface area contributed by atoms with E-state index in [1.54, 1.807) is 12.1 Å². The van der Waals surface area contributed by atoms with Crippen molar-refractivity contribution in [3.05, 3.63) is 17.7 Å². The summed E-state index contributed by atoms with van der Waals surface area (Å²) in [6.45, 7) is 0.235. The number of aliphatic hydroxyl groups is 1. The topological polar surface area (TPSA) is 86.3 Å². The summed E-state index contributed by atoms with van der Waals surface area (Å²) in [5.41, 5.74) is 0.342. The average molecular weight is 299 g/mol. The molecule has 118 valence electrons. The van der Waals surface area contributed by atoms with Crippen LogP contribution in [-0.2, 0) is 4.74 Å². The lowest BCUT2D eigenvalue weighted by Crippen LogP contribution is -2.34. The number of methoxy groups -OCH3 is 4. The van der Waals surface area contributed by atoms with Crippen molar-refractivity contribution in [2.24, 2.45) is 0 Å². The van der Waals surface area contributed by atoms with Gasteiger partial charge in [-0.25, -0.2) is 0 Å². The number of rotatable bonds is 8. The van der Waals surface area contributed by atoms with Gasteiger partial charge in [0.1, 0.15) is 0 Å². The Morgan fingerprint density at radius 2 is 1.71 bits per heavy atom. The van der Waals surface area contributed by atoms with Gasteiger partial charge < -0.3 is 29.4 Å². The van der Waals surface area contributed by atoms with Gasteiger partial charge in [0.2, 0.25) is 5.75 Å². The molecule has 7 nitrogen and oxygen atoms in total. The Morgan fingerprint density at radius 3 is 2.14 bits per heavy atom. The molecule has 1 unspecified atom stereocenters. The Balaban J connectivity index is 2.89. The second-order valence-electron chi connectivity index (χ2n) is 4.23. The number of nitrogens with one attached hydrogen (secondary N) is 1. The van der Waals surface area contributed by atoms with Crippen LogP contribution in [0.25, 0.3) is 0 Å². The third-order valence-electron chi connectivity index (χ3n) is 2.78. The highest BCUT2D eigenvalue weighted by Crippen LogP contribution is 2.38. The van der Waals surface area contributed by atoms with Crippen molar-refractivity contribution in [1.82, 2.24) is 5.32 Å². The summed E-state index contributed by atoms with van der Waals surface area (Å²) in [6.07, 6.45) is -0.763. The van der Waals surface area contributed by atoms with Crippen LogP contribution in [-0.4, -0.2) is 58.7 Å². The number of carbonyl (C=O) groups is 1. The van der Waals surface area contributed by atoms with Gasteiger partial charge in [-0.15, -0.1) is 0 Å². The van der Waals surface area contributed by atoms with Crippen LogP contribution in [0, 0.1) is 0 Å². The first-order chi connectivity index (χ1) is 10.1. The van der Waals surface area contributed by atoms with Crippen LogP contribution >= 0.6 is 0 Å². The fourth-order valence-electron chi connectivity index (χ4n) is 1.78. The third kappa shape index (κ3) is 4.51. The SMILES string of the molecule is COCC(O)CNC(=O)c1cc(OC)c(OC)c(OC)c1. The highest BCUT2D eigenvalue weighted by molar-refractivity contribution is 5.95. The molecule has 0 saturated carbocycles. The molecule has 1 amide bonds. The summed E-state index contributed by atoms with van der Waals surface area (Å²) >= 11 is 0. The van der Waals surface area contributed by atoms with Crippen molar-refractivity contribution >= 4 is 5.91 Å². The standard InChI is InChI=1S/C14H21NO6/c1-18-8-10(16)7-15-14(17)9-5-11(19-2)13(21-4)12(6-9)20-3/h5-6,10,16H,7-8H2,1-4H3,(H,15,17). The van der Waals surface area contributed by atoms with Crippen LogP contribution in [0.15, 0.2) is 12.1 Å². The normalized spacial score (nSPS) is 11.7. The molecule has 0 radical (unpaired) electrons. The fraction of sp³-hybridized carbons (Fsp3) is 0.500. The van der Waals surface area contributed by atoms with Gasteiger partial charge >= 0.3 is 0 Å². The maximum absolute atomic E-state index is 12.1. The van der Waals surface area contributed by atoms with E-state index in [2.05, 4.69) is 5.32 Å². The van der Waals surface area contributed by atoms with E-state index < -0.39 is 6.10 Å². The monoisotopic (exact) mass is 299 g/mol. The van der Waals surface area contributed by atoms with E-state index in [-0.39, 0.29) is 19.1 Å². The number of hydrogen-bond acceptors (Lipinski definition) is 6. The molecule has 0 aromatic heterocycles. The van der Waals surface area contributed by atoms with E-state index in [1.165, 1.54) is 28.4 Å². The quantitative estimate of drug-likeness (QED) is 0.725. The molecule has 1 rings (SSSR count). The molecule has 7 heteroatoms. The zero-order valence-corrected chi connectivity index (χ0v) is 12.6. The summed E-state index contributed by atoms with van der Waals surface area (Å²) in [6, 6.07) is 3.08. The summed E-state index contributed by atoms with van der Waals surface area (Å²) in [7, 11) is 5.91. The molecule has 1 atom stereocenters. The predicted octanol–water partition coefficient (Wildman–Crippen LogP) is 0.449. The van der Waals surface area contributed by atoms with Gasteiger partial charge in [-0.2, -0.15) is 0 Å². The van der Waals surface area contributed by atoms with Crippen molar-refractivity contribution in [2.75, 3.05) is 41.6 Å². The summed E-state index contributed by atoms with van der Waals surface area (Å²) in [5, 5.41) is 12.1. The highest BCUT2D eigenvalue weighted by atomic mass is 16.5. The Kier molecular flexibility index (Phi) is 6.77. The molecule has 0 aliphatic carbocycles. The van der Waals surface area contributed by atoms with Crippen molar-refractivity contribution in [3.8, 4) is 17.2 Å². The smallest absolute Gasteiger partial charge is 0.251 e. The van der Waals surface area contributed by atoms with Crippen molar-refractivity contribution in [3.63, 3.8) is 0 Å². The molecule has 0 spiro atoms. The Morgan fingerprint density at radius 1 is 1.14 bits per heavy atom. The molecule has 0 saturated heterocycles. The second-order valence-corrected chi connectivity index (χ2v) is 4.23. The lowest BCUT2D eigenvalue weighted by molar-refractivity contribution is 0.0609. The lowest BCUT2D eigenvalue weighted by Gasteiger charge is -2.15. The summed E-state index contributed by atoms with van der Waals surface area (Å²) in [4.78, 5) is 12.1. The summed E-state index contributed by atoms with van der Waals surface area (Å²) < 4.78 is 20.3. The van der Waals surface area contributed by atoms with E-state index in [0.717, 1.165) is 0 Å². The molecule has 1 aromatic rings. The average Bonchev–Trinajstić information content (AvgIpc) is 2.51. The van der Waals surface area contributed by atoms with Crippen LogP contribution in [0.3, 0.4) is 0 Å². The van der Waals surface area contributed by atoms with Gasteiger partial charge in [0.15, 0.2) is 11.5 Å². The molecule has 0 aliphatic rings. The molecule has 21 heavy (non-hydrogen) atoms. The third-order valence-corrected chi connectivity index (χ3v) is 2.78. The van der Waals surface area contributed by atoms with E-state index in [9.17, 15) is 9.90 Å². The van der Waals surface area contributed by atoms with Crippen LogP contribution < -0.4 is 19.5 Å². The summed E-state index contributed by atoms with van der Waals surface area (Å²) in [5.74, 6) is 0.833. The molecule has 1 aromatic carbocycles. The first-order valence-electron chi connectivity index (χ1n) is 6.32. The molecule has 0 bridgehead atoms. The van der Waals surface area contributed by atoms with Crippen molar-refractivity contribution < 1.29 is 28.8 Å². The minimum atomic E-state index is -0.763. The van der Waals surface area contributed by atoms with Gasteiger partial charge in [-0.05, 0) is 12.1 Å². The van der Waals surface area contributed by atoms with Gasteiger partial charge in [0, 0.05) is 19.2 Å². The molecule has 2 N–H and O–H groups in total. The van der Waals surface area contributed by atoms with Gasteiger partial charge in [0.25, 0.3) is 5.91 Å². The largest absolute Gasteiger partial charge is 0.493 e. The van der Waals surface area contributed by atoms with Gasteiger partial charge in [-0.3, -0.25) is 4.79 Å². The van der Waals surface area contributed by atoms with Gasteiger partial charge in [-0.1, -0.05) is 0 Å². The number of benzene rings is 1. The van der Waals surface area contributed by atoms with Crippen LogP contribution in [0.1, 0.15) is 10.4 Å². The van der Waals surface area contributed by atoms with Crippen LogP contribution in [0.2, 0.25) is 0 Å². The molecular weight excluding hydrogens is 278 g/mol. The van der Waals surface area contributed by atoms with Crippen molar-refractivity contribution in [2.45, 2.75) is 6.10 Å². The van der Waals surface area contributed by atoms with Crippen LogP contribution in [0.4, 0.5) is 0 Å². The first-order valence-corrected chi connectivity index (χ1v) is 6.32. The molecule has 0 fully saturated rings. The van der Waals surface area contributed by atoms with Crippen LogP contribution in [0.5, 0.6) is 17.2 Å². The minimum absolute atomic E-state index is 0.0866. The first kappa shape index (κ1) is 17.1. The number of hydrogen-bond donors (Lipinski definition) is 2. The highest BCUT2D eigenvalue weighted by Gasteiger charge is 2.17. The minimum Gasteiger partial charge on any atom is -0.493 e. The maximum atomic E-state index is 12.1. The number of amides is 1. The zero-order chi connectivity index (χ0) is 15.8. The van der Waals surface area contributed by atoms with E-state index >= 15 is 0 Å². The molecule has 0 heterocycles. The number of ether oxygens (including phenoxy) is 4. The second kappa shape index (κ2) is 8.33. The van der Waals surface area contributed by atoms with E-state index in [1.807, 2.05) is 0 Å². The zero-order valence-electron chi connectivity index (χ0n) is 12.6. The Bertz CT molecular complexity index is 452. The maximum Gasteiger partial charge on any atom is 0.251 e. The van der Waals surface area contributed by atoms with Gasteiger partial charge in [0.05, 0.1) is 34.0 Å². The van der Waals surface area contributed by atoms with E-state index in [4.69, 9.17) is 18.9 Å². The Labute approximate surface area is 123 Å². The predicted molar refractivity (Wildman–Crippen MR) is 76.3 cm³/mol. The number of carbonyl (C=O) groups excluding carboxylic acids is 1. The molecule has 0 aliphatic heterocycles.